The lowest BCUT2D eigenvalue weighted by Crippen LogP contribution is -2.11. The molecule has 0 aliphatic carbocycles. The van der Waals surface area contributed by atoms with E-state index in [1.54, 1.807) is 12.3 Å². The molecule has 6 heteroatoms. The number of rotatable bonds is 7. The summed E-state index contributed by atoms with van der Waals surface area (Å²) in [7, 11) is 0. The number of nitrogens with zero attached hydrogens (tertiary/aromatic N) is 3. The average Bonchev–Trinajstić information content (AvgIpc) is 2.76. The molecule has 0 amide bonds. The number of unbranched alkanes of at least 4 members (excludes halogenated alkanes) is 1. The van der Waals surface area contributed by atoms with Gasteiger partial charge in [-0.2, -0.15) is 0 Å². The second kappa shape index (κ2) is 7.25. The lowest BCUT2D eigenvalue weighted by Gasteiger charge is -2.10. The predicted molar refractivity (Wildman–Crippen MR) is 82.5 cm³/mol. The molecule has 2 aromatic rings. The van der Waals surface area contributed by atoms with E-state index in [9.17, 15) is 0 Å². The summed E-state index contributed by atoms with van der Waals surface area (Å²) in [5, 5.41) is 0.397. The molecule has 1 unspecified atom stereocenters. The first-order chi connectivity index (χ1) is 9.63. The summed E-state index contributed by atoms with van der Waals surface area (Å²) >= 11 is 12.1. The van der Waals surface area contributed by atoms with Crippen molar-refractivity contribution in [2.75, 3.05) is 13.2 Å². The fourth-order valence-corrected chi connectivity index (χ4v) is 2.35. The predicted octanol–water partition coefficient (Wildman–Crippen LogP) is 4.20. The minimum absolute atomic E-state index is 0.182. The van der Waals surface area contributed by atoms with Crippen LogP contribution in [0.4, 0.5) is 0 Å². The fourth-order valence-electron chi connectivity index (χ4n) is 2.03. The molecule has 0 N–H and O–H groups in total. The second-order valence-corrected chi connectivity index (χ2v) is 5.79. The topological polar surface area (TPSA) is 39.9 Å². The van der Waals surface area contributed by atoms with Gasteiger partial charge in [-0.25, -0.2) is 9.97 Å². The van der Waals surface area contributed by atoms with Gasteiger partial charge in [-0.05, 0) is 19.4 Å². The number of ether oxygens (including phenoxy) is 1. The van der Waals surface area contributed by atoms with Gasteiger partial charge in [-0.15, -0.1) is 11.6 Å². The standard InChI is InChI=1S/C14H19Cl2N3O/c1-3-4-6-20-7-5-19-13(10(2)15)18-12-8-11(16)9-17-14(12)19/h8-10H,3-7H2,1-2H3. The van der Waals surface area contributed by atoms with Crippen LogP contribution in [0.3, 0.4) is 0 Å². The molecule has 2 rings (SSSR count). The Hall–Kier alpha value is -0.840. The van der Waals surface area contributed by atoms with E-state index >= 15 is 0 Å². The van der Waals surface area contributed by atoms with Gasteiger partial charge in [0, 0.05) is 19.3 Å². The lowest BCUT2D eigenvalue weighted by molar-refractivity contribution is 0.123. The Morgan fingerprint density at radius 1 is 1.40 bits per heavy atom. The Bertz CT molecular complexity index is 569. The maximum atomic E-state index is 6.20. The Balaban J connectivity index is 2.18. The van der Waals surface area contributed by atoms with E-state index in [1.165, 1.54) is 0 Å². The molecule has 4 nitrogen and oxygen atoms in total. The highest BCUT2D eigenvalue weighted by molar-refractivity contribution is 6.31. The Labute approximate surface area is 129 Å². The number of hydrogen-bond donors (Lipinski definition) is 0. The summed E-state index contributed by atoms with van der Waals surface area (Å²) in [5.74, 6) is 0.801. The Morgan fingerprint density at radius 2 is 2.20 bits per heavy atom. The van der Waals surface area contributed by atoms with Gasteiger partial charge < -0.3 is 9.30 Å². The van der Waals surface area contributed by atoms with E-state index < -0.39 is 0 Å². The number of aromatic nitrogens is 3. The molecule has 1 atom stereocenters. The monoisotopic (exact) mass is 315 g/mol. The van der Waals surface area contributed by atoms with Crippen molar-refractivity contribution in [2.45, 2.75) is 38.6 Å². The van der Waals surface area contributed by atoms with Crippen LogP contribution in [0, 0.1) is 0 Å². The molecule has 0 aliphatic heterocycles. The van der Waals surface area contributed by atoms with E-state index in [4.69, 9.17) is 27.9 Å². The van der Waals surface area contributed by atoms with Crippen molar-refractivity contribution in [1.82, 2.24) is 14.5 Å². The third kappa shape index (κ3) is 3.62. The molecule has 0 aromatic carbocycles. The molecule has 0 fully saturated rings. The zero-order valence-electron chi connectivity index (χ0n) is 11.8. The minimum atomic E-state index is -0.182. The van der Waals surface area contributed by atoms with Crippen LogP contribution in [0.2, 0.25) is 5.02 Å². The van der Waals surface area contributed by atoms with Crippen molar-refractivity contribution in [2.24, 2.45) is 0 Å². The first-order valence-electron chi connectivity index (χ1n) is 6.87. The zero-order chi connectivity index (χ0) is 14.5. The van der Waals surface area contributed by atoms with Gasteiger partial charge in [0.25, 0.3) is 0 Å². The summed E-state index contributed by atoms with van der Waals surface area (Å²) in [6.45, 7) is 6.16. The maximum absolute atomic E-state index is 6.20. The van der Waals surface area contributed by atoms with Gasteiger partial charge in [0.2, 0.25) is 0 Å². The van der Waals surface area contributed by atoms with Crippen molar-refractivity contribution in [3.8, 4) is 0 Å². The third-order valence-electron chi connectivity index (χ3n) is 3.04. The van der Waals surface area contributed by atoms with Gasteiger partial charge in [0.1, 0.15) is 11.3 Å². The van der Waals surface area contributed by atoms with Crippen molar-refractivity contribution < 1.29 is 4.74 Å². The van der Waals surface area contributed by atoms with Crippen LogP contribution in [-0.2, 0) is 11.3 Å². The average molecular weight is 316 g/mol. The molecule has 0 saturated carbocycles. The Kier molecular flexibility index (Phi) is 5.64. The van der Waals surface area contributed by atoms with Gasteiger partial charge in [-0.1, -0.05) is 24.9 Å². The van der Waals surface area contributed by atoms with Crippen molar-refractivity contribution in [3.05, 3.63) is 23.1 Å². The lowest BCUT2D eigenvalue weighted by atomic mass is 10.4. The fraction of sp³-hybridized carbons (Fsp3) is 0.571. The molecular weight excluding hydrogens is 297 g/mol. The van der Waals surface area contributed by atoms with Crippen molar-refractivity contribution >= 4 is 34.4 Å². The molecule has 2 heterocycles. The van der Waals surface area contributed by atoms with Crippen LogP contribution < -0.4 is 0 Å². The number of imidazole rings is 1. The number of fused-ring (bicyclic) bond motifs is 1. The molecule has 0 bridgehead atoms. The van der Waals surface area contributed by atoms with E-state index in [1.807, 2.05) is 11.5 Å². The number of halogens is 2. The highest BCUT2D eigenvalue weighted by atomic mass is 35.5. The maximum Gasteiger partial charge on any atom is 0.160 e. The van der Waals surface area contributed by atoms with Crippen molar-refractivity contribution in [3.63, 3.8) is 0 Å². The molecule has 0 saturated heterocycles. The first kappa shape index (κ1) is 15.5. The van der Waals surface area contributed by atoms with Crippen LogP contribution in [-0.4, -0.2) is 27.7 Å². The molecule has 0 radical (unpaired) electrons. The quantitative estimate of drug-likeness (QED) is 0.568. The smallest absolute Gasteiger partial charge is 0.160 e. The second-order valence-electron chi connectivity index (χ2n) is 4.70. The van der Waals surface area contributed by atoms with E-state index in [0.29, 0.717) is 18.2 Å². The zero-order valence-corrected chi connectivity index (χ0v) is 13.3. The normalized spacial score (nSPS) is 13.0. The molecular formula is C14H19Cl2N3O. The molecule has 0 aliphatic rings. The van der Waals surface area contributed by atoms with Crippen LogP contribution in [0.5, 0.6) is 0 Å². The van der Waals surface area contributed by atoms with Crippen LogP contribution >= 0.6 is 23.2 Å². The van der Waals surface area contributed by atoms with Gasteiger partial charge in [-0.3, -0.25) is 0 Å². The van der Waals surface area contributed by atoms with Crippen molar-refractivity contribution in [1.29, 1.82) is 0 Å². The molecule has 2 aromatic heterocycles. The number of alkyl halides is 1. The Morgan fingerprint density at radius 3 is 2.90 bits per heavy atom. The van der Waals surface area contributed by atoms with Crippen LogP contribution in [0.25, 0.3) is 11.2 Å². The van der Waals surface area contributed by atoms with E-state index in [-0.39, 0.29) is 5.38 Å². The molecule has 110 valence electrons. The largest absolute Gasteiger partial charge is 0.380 e. The highest BCUT2D eigenvalue weighted by Crippen LogP contribution is 2.24. The van der Waals surface area contributed by atoms with Gasteiger partial charge in [0.15, 0.2) is 5.65 Å². The highest BCUT2D eigenvalue weighted by Gasteiger charge is 2.15. The third-order valence-corrected chi connectivity index (χ3v) is 3.44. The van der Waals surface area contributed by atoms with Crippen LogP contribution in [0.15, 0.2) is 12.3 Å². The number of hydrogen-bond acceptors (Lipinski definition) is 3. The van der Waals surface area contributed by atoms with Crippen LogP contribution in [0.1, 0.15) is 37.9 Å². The summed E-state index contributed by atoms with van der Waals surface area (Å²) < 4.78 is 7.62. The summed E-state index contributed by atoms with van der Waals surface area (Å²) in [5.41, 5.74) is 1.57. The summed E-state index contributed by atoms with van der Waals surface area (Å²) in [6, 6.07) is 1.81. The van der Waals surface area contributed by atoms with Gasteiger partial charge in [0.05, 0.1) is 17.0 Å². The number of pyridine rings is 1. The molecule has 20 heavy (non-hydrogen) atoms. The van der Waals surface area contributed by atoms with E-state index in [0.717, 1.165) is 36.4 Å². The minimum Gasteiger partial charge on any atom is -0.380 e. The summed E-state index contributed by atoms with van der Waals surface area (Å²) in [4.78, 5) is 8.87. The summed E-state index contributed by atoms with van der Waals surface area (Å²) in [6.07, 6.45) is 3.85. The first-order valence-corrected chi connectivity index (χ1v) is 7.68. The molecule has 0 spiro atoms. The van der Waals surface area contributed by atoms with Gasteiger partial charge >= 0.3 is 0 Å². The van der Waals surface area contributed by atoms with E-state index in [2.05, 4.69) is 16.9 Å². The SMILES string of the molecule is CCCCOCCn1c(C(C)Cl)nc2cc(Cl)cnc21.